The molecule has 9 nitrogen and oxygen atoms in total. The van der Waals surface area contributed by atoms with E-state index in [1.807, 2.05) is 0 Å². The van der Waals surface area contributed by atoms with E-state index >= 15 is 0 Å². The fraction of sp³-hybridized carbons (Fsp3) is 0.961. The van der Waals surface area contributed by atoms with E-state index in [4.69, 9.17) is 9.47 Å². The molecular weight excluding hydrogens is 1050 g/mol. The van der Waals surface area contributed by atoms with E-state index in [0.29, 0.717) is 12.8 Å². The van der Waals surface area contributed by atoms with E-state index in [0.717, 1.165) is 38.5 Å². The van der Waals surface area contributed by atoms with E-state index in [9.17, 15) is 30.3 Å². The normalized spacial score (nSPS) is 18.0. The highest BCUT2D eigenvalue weighted by Crippen LogP contribution is 2.24. The standard InChI is InChI=1S/C76H149NO8/c1-3-5-7-9-11-13-15-17-19-21-23-25-27-28-29-30-31-32-33-34-35-36-37-38-39-40-41-42-44-46-48-50-52-54-56-58-60-62-64-66-72(80)77-69(68-84-76-75(83)74(82)73(81)71(67-78)85-76)70(79)65-63-61-59-57-55-53-51-49-47-45-43-26-24-22-20-18-16-14-12-10-8-6-4-2/h34-35,69-71,73-76,78-79,81-83H,3-33,36-68H2,1-2H3,(H,77,80)/b35-34-. The summed E-state index contributed by atoms with van der Waals surface area (Å²) in [5.41, 5.74) is 0. The van der Waals surface area contributed by atoms with Crippen LogP contribution >= 0.6 is 0 Å². The molecule has 0 aromatic heterocycles. The van der Waals surface area contributed by atoms with E-state index in [1.54, 1.807) is 0 Å². The average molecular weight is 1210 g/mol. The summed E-state index contributed by atoms with van der Waals surface area (Å²) in [6.07, 6.45) is 78.9. The number of carbonyl (C=O) groups is 1. The van der Waals surface area contributed by atoms with Crippen LogP contribution in [0.2, 0.25) is 0 Å². The SMILES string of the molecule is CCCCCCCCCCCCCCCCCCCC/C=C\CCCCCCCCCCCCCCCCCCCC(=O)NC(COC1OC(CO)C(O)C(O)C1O)C(O)CCCCCCCCCCCCCCCCCCCCCCCCC. The van der Waals surface area contributed by atoms with Gasteiger partial charge in [0.1, 0.15) is 24.4 Å². The Morgan fingerprint density at radius 2 is 0.659 bits per heavy atom. The lowest BCUT2D eigenvalue weighted by Gasteiger charge is -2.40. The summed E-state index contributed by atoms with van der Waals surface area (Å²) in [6.45, 7) is 3.91. The lowest BCUT2D eigenvalue weighted by Crippen LogP contribution is -2.60. The number of hydrogen-bond acceptors (Lipinski definition) is 8. The lowest BCUT2D eigenvalue weighted by molar-refractivity contribution is -0.302. The number of unbranched alkanes of at least 4 members (excludes halogenated alkanes) is 57. The Labute approximate surface area is 528 Å². The summed E-state index contributed by atoms with van der Waals surface area (Å²) in [5.74, 6) is -0.134. The zero-order valence-corrected chi connectivity index (χ0v) is 56.9. The molecule has 1 rings (SSSR count). The molecule has 0 aromatic carbocycles. The van der Waals surface area contributed by atoms with Gasteiger partial charge in [-0.2, -0.15) is 0 Å². The molecule has 7 atom stereocenters. The molecule has 6 N–H and O–H groups in total. The van der Waals surface area contributed by atoms with Gasteiger partial charge in [-0.1, -0.05) is 379 Å². The Hall–Kier alpha value is -1.07. The Morgan fingerprint density at radius 3 is 0.953 bits per heavy atom. The number of aliphatic hydroxyl groups is 5. The van der Waals surface area contributed by atoms with Crippen molar-refractivity contribution in [1.82, 2.24) is 5.32 Å². The molecule has 506 valence electrons. The second-order valence-corrected chi connectivity index (χ2v) is 27.2. The van der Waals surface area contributed by atoms with Gasteiger partial charge in [-0.25, -0.2) is 0 Å². The third kappa shape index (κ3) is 54.4. The minimum atomic E-state index is -1.55. The minimum Gasteiger partial charge on any atom is -0.394 e. The van der Waals surface area contributed by atoms with Gasteiger partial charge < -0.3 is 40.3 Å². The van der Waals surface area contributed by atoms with Crippen LogP contribution in [0.3, 0.4) is 0 Å². The summed E-state index contributed by atoms with van der Waals surface area (Å²) in [7, 11) is 0. The molecule has 85 heavy (non-hydrogen) atoms. The molecule has 1 amide bonds. The topological polar surface area (TPSA) is 149 Å². The number of ether oxygens (including phenoxy) is 2. The van der Waals surface area contributed by atoms with Gasteiger partial charge in [0, 0.05) is 6.42 Å². The second-order valence-electron chi connectivity index (χ2n) is 27.2. The van der Waals surface area contributed by atoms with Crippen molar-refractivity contribution < 1.29 is 39.8 Å². The monoisotopic (exact) mass is 1200 g/mol. The molecule has 0 bridgehead atoms. The Morgan fingerprint density at radius 1 is 0.388 bits per heavy atom. The van der Waals surface area contributed by atoms with Crippen molar-refractivity contribution in [2.75, 3.05) is 13.2 Å². The zero-order valence-electron chi connectivity index (χ0n) is 56.9. The van der Waals surface area contributed by atoms with Crippen LogP contribution < -0.4 is 5.32 Å². The van der Waals surface area contributed by atoms with E-state index < -0.39 is 49.5 Å². The van der Waals surface area contributed by atoms with Crippen LogP contribution in [0.1, 0.15) is 412 Å². The van der Waals surface area contributed by atoms with Crippen LogP contribution in [0.15, 0.2) is 12.2 Å². The van der Waals surface area contributed by atoms with E-state index in [-0.39, 0.29) is 12.5 Å². The van der Waals surface area contributed by atoms with Crippen LogP contribution in [0.4, 0.5) is 0 Å². The summed E-state index contributed by atoms with van der Waals surface area (Å²) in [4.78, 5) is 13.2. The lowest BCUT2D eigenvalue weighted by atomic mass is 9.99. The maximum atomic E-state index is 13.2. The fourth-order valence-corrected chi connectivity index (χ4v) is 12.9. The van der Waals surface area contributed by atoms with E-state index in [2.05, 4.69) is 31.3 Å². The molecular formula is C76H149NO8. The van der Waals surface area contributed by atoms with Crippen molar-refractivity contribution in [3.05, 3.63) is 12.2 Å². The zero-order chi connectivity index (χ0) is 61.4. The molecule has 1 heterocycles. The largest absolute Gasteiger partial charge is 0.394 e. The summed E-state index contributed by atoms with van der Waals surface area (Å²) >= 11 is 0. The number of carbonyl (C=O) groups excluding carboxylic acids is 1. The van der Waals surface area contributed by atoms with Crippen molar-refractivity contribution >= 4 is 5.91 Å². The Bertz CT molecular complexity index is 1350. The predicted octanol–water partition coefficient (Wildman–Crippen LogP) is 21.4. The molecule has 0 aliphatic carbocycles. The molecule has 1 fully saturated rings. The number of rotatable bonds is 69. The van der Waals surface area contributed by atoms with Crippen molar-refractivity contribution in [2.24, 2.45) is 0 Å². The Balaban J connectivity index is 2.03. The maximum absolute atomic E-state index is 13.2. The van der Waals surface area contributed by atoms with Gasteiger partial charge in [-0.05, 0) is 38.5 Å². The van der Waals surface area contributed by atoms with Crippen LogP contribution in [0, 0.1) is 0 Å². The number of nitrogens with one attached hydrogen (secondary N) is 1. The van der Waals surface area contributed by atoms with Gasteiger partial charge in [0.05, 0.1) is 25.4 Å². The second kappa shape index (κ2) is 65.9. The fourth-order valence-electron chi connectivity index (χ4n) is 12.9. The first-order chi connectivity index (χ1) is 41.8. The first-order valence-corrected chi connectivity index (χ1v) is 38.4. The highest BCUT2D eigenvalue weighted by Gasteiger charge is 2.44. The molecule has 1 aliphatic rings. The third-order valence-electron chi connectivity index (χ3n) is 18.9. The summed E-state index contributed by atoms with van der Waals surface area (Å²) < 4.78 is 11.4. The van der Waals surface area contributed by atoms with Crippen LogP contribution in [-0.2, 0) is 14.3 Å². The highest BCUT2D eigenvalue weighted by molar-refractivity contribution is 5.76. The smallest absolute Gasteiger partial charge is 0.220 e. The number of aliphatic hydroxyl groups excluding tert-OH is 5. The van der Waals surface area contributed by atoms with Gasteiger partial charge in [0.15, 0.2) is 6.29 Å². The van der Waals surface area contributed by atoms with Gasteiger partial charge in [-0.15, -0.1) is 0 Å². The predicted molar refractivity (Wildman–Crippen MR) is 364 cm³/mol. The third-order valence-corrected chi connectivity index (χ3v) is 18.9. The summed E-state index contributed by atoms with van der Waals surface area (Å²) in [5, 5.41) is 55.0. The van der Waals surface area contributed by atoms with Gasteiger partial charge >= 0.3 is 0 Å². The molecule has 0 radical (unpaired) electrons. The Kier molecular flexibility index (Phi) is 63.5. The number of allylic oxidation sites excluding steroid dienone is 2. The molecule has 1 aliphatic heterocycles. The summed E-state index contributed by atoms with van der Waals surface area (Å²) in [6, 6.07) is -0.717. The highest BCUT2D eigenvalue weighted by atomic mass is 16.7. The van der Waals surface area contributed by atoms with Gasteiger partial charge in [-0.3, -0.25) is 4.79 Å². The minimum absolute atomic E-state index is 0.132. The van der Waals surface area contributed by atoms with Crippen molar-refractivity contribution in [2.45, 2.75) is 455 Å². The first kappa shape index (κ1) is 81.9. The number of amides is 1. The molecule has 7 unspecified atom stereocenters. The first-order valence-electron chi connectivity index (χ1n) is 38.4. The maximum Gasteiger partial charge on any atom is 0.220 e. The van der Waals surface area contributed by atoms with Crippen LogP contribution in [-0.4, -0.2) is 87.5 Å². The van der Waals surface area contributed by atoms with Crippen molar-refractivity contribution in [3.8, 4) is 0 Å². The number of hydrogen-bond donors (Lipinski definition) is 6. The van der Waals surface area contributed by atoms with Crippen LogP contribution in [0.5, 0.6) is 0 Å². The molecule has 0 saturated carbocycles. The molecule has 9 heteroatoms. The van der Waals surface area contributed by atoms with Crippen LogP contribution in [0.25, 0.3) is 0 Å². The molecule has 0 spiro atoms. The van der Waals surface area contributed by atoms with Gasteiger partial charge in [0.25, 0.3) is 0 Å². The molecule has 0 aromatic rings. The van der Waals surface area contributed by atoms with Crippen molar-refractivity contribution in [3.63, 3.8) is 0 Å². The van der Waals surface area contributed by atoms with Gasteiger partial charge in [0.2, 0.25) is 5.91 Å². The average Bonchev–Trinajstić information content (AvgIpc) is 3.66. The molecule has 1 saturated heterocycles. The van der Waals surface area contributed by atoms with Crippen molar-refractivity contribution in [1.29, 1.82) is 0 Å². The van der Waals surface area contributed by atoms with E-state index in [1.165, 1.54) is 347 Å². The quantitative estimate of drug-likeness (QED) is 0.0261.